The van der Waals surface area contributed by atoms with Gasteiger partial charge in [-0.1, -0.05) is 18.2 Å². The Morgan fingerprint density at radius 1 is 1.10 bits per heavy atom. The number of amides is 1. The average molecular weight is 388 g/mol. The van der Waals surface area contributed by atoms with Crippen molar-refractivity contribution >= 4 is 5.91 Å². The van der Waals surface area contributed by atoms with Gasteiger partial charge in [0.1, 0.15) is 17.1 Å². The molecule has 2 N–H and O–H groups in total. The smallest absolute Gasteiger partial charge is 0.269 e. The first kappa shape index (κ1) is 18.4. The van der Waals surface area contributed by atoms with Crippen LogP contribution in [0.1, 0.15) is 10.5 Å². The molecule has 0 unspecified atom stereocenters. The molecule has 0 aliphatic rings. The molecular weight excluding hydrogens is 368 g/mol. The van der Waals surface area contributed by atoms with Crippen LogP contribution in [0, 0.1) is 0 Å². The molecule has 4 aromatic rings. The molecule has 3 heterocycles. The fourth-order valence-electron chi connectivity index (χ4n) is 2.97. The summed E-state index contributed by atoms with van der Waals surface area (Å²) >= 11 is 0. The Kier molecular flexibility index (Phi) is 5.33. The number of methoxy groups -OCH3 is 1. The molecule has 0 aliphatic heterocycles. The number of aromatic amines is 1. The van der Waals surface area contributed by atoms with E-state index >= 15 is 0 Å². The van der Waals surface area contributed by atoms with Gasteiger partial charge in [0.05, 0.1) is 12.8 Å². The summed E-state index contributed by atoms with van der Waals surface area (Å²) in [5, 5.41) is 9.92. The van der Waals surface area contributed by atoms with E-state index in [0.717, 1.165) is 22.8 Å². The van der Waals surface area contributed by atoms with Crippen LogP contribution < -0.4 is 10.1 Å². The van der Waals surface area contributed by atoms with Crippen molar-refractivity contribution in [3.05, 3.63) is 72.8 Å². The fourth-order valence-corrected chi connectivity index (χ4v) is 2.97. The number of carbonyl (C=O) groups excluding carboxylic acids is 1. The summed E-state index contributed by atoms with van der Waals surface area (Å²) in [7, 11) is 1.61. The Bertz CT molecular complexity index is 1100. The lowest BCUT2D eigenvalue weighted by Gasteiger charge is -2.08. The minimum absolute atomic E-state index is 0.217. The molecule has 4 rings (SSSR count). The molecule has 8 nitrogen and oxygen atoms in total. The van der Waals surface area contributed by atoms with E-state index in [1.165, 1.54) is 0 Å². The van der Waals surface area contributed by atoms with Gasteiger partial charge >= 0.3 is 0 Å². The zero-order chi connectivity index (χ0) is 20.1. The van der Waals surface area contributed by atoms with Gasteiger partial charge in [0, 0.05) is 37.2 Å². The predicted molar refractivity (Wildman–Crippen MR) is 108 cm³/mol. The van der Waals surface area contributed by atoms with E-state index in [-0.39, 0.29) is 5.91 Å². The summed E-state index contributed by atoms with van der Waals surface area (Å²) in [4.78, 5) is 21.1. The second-order valence-electron chi connectivity index (χ2n) is 6.31. The van der Waals surface area contributed by atoms with Gasteiger partial charge in [0.2, 0.25) is 0 Å². The van der Waals surface area contributed by atoms with Gasteiger partial charge in [0.15, 0.2) is 5.82 Å². The Balaban J connectivity index is 1.38. The standard InChI is InChI=1S/C21H20N6O2/c1-29-16-6-4-5-15(13-16)18-14-19(26-25-18)21(28)24-10-12-27-11-9-23-20(27)17-7-2-3-8-22-17/h2-9,11,13-14H,10,12H2,1H3,(H,24,28)(H,25,26). The van der Waals surface area contributed by atoms with E-state index in [9.17, 15) is 4.79 Å². The normalized spacial score (nSPS) is 10.7. The summed E-state index contributed by atoms with van der Waals surface area (Å²) in [6.07, 6.45) is 5.32. The average Bonchev–Trinajstić information content (AvgIpc) is 3.44. The minimum atomic E-state index is -0.217. The van der Waals surface area contributed by atoms with Gasteiger partial charge in [-0.15, -0.1) is 0 Å². The molecule has 8 heteroatoms. The predicted octanol–water partition coefficient (Wildman–Crippen LogP) is 2.77. The number of aromatic nitrogens is 5. The van der Waals surface area contributed by atoms with Crippen molar-refractivity contribution in [2.24, 2.45) is 0 Å². The molecule has 146 valence electrons. The Morgan fingerprint density at radius 2 is 2.03 bits per heavy atom. The highest BCUT2D eigenvalue weighted by Crippen LogP contribution is 2.22. The maximum atomic E-state index is 12.5. The Hall–Kier alpha value is -3.94. The number of hydrogen-bond donors (Lipinski definition) is 2. The first-order valence-corrected chi connectivity index (χ1v) is 9.15. The number of ether oxygens (including phenoxy) is 1. The first-order valence-electron chi connectivity index (χ1n) is 9.15. The van der Waals surface area contributed by atoms with Gasteiger partial charge in [0.25, 0.3) is 5.91 Å². The van der Waals surface area contributed by atoms with Crippen LogP contribution in [-0.2, 0) is 6.54 Å². The second kappa shape index (κ2) is 8.39. The molecule has 1 amide bonds. The van der Waals surface area contributed by atoms with Crippen molar-refractivity contribution in [2.75, 3.05) is 13.7 Å². The minimum Gasteiger partial charge on any atom is -0.497 e. The molecule has 0 saturated carbocycles. The van der Waals surface area contributed by atoms with Crippen LogP contribution in [0.4, 0.5) is 0 Å². The quantitative estimate of drug-likeness (QED) is 0.507. The van der Waals surface area contributed by atoms with Gasteiger partial charge in [-0.25, -0.2) is 4.98 Å². The van der Waals surface area contributed by atoms with Crippen molar-refractivity contribution < 1.29 is 9.53 Å². The van der Waals surface area contributed by atoms with Gasteiger partial charge in [-0.3, -0.25) is 14.9 Å². The number of nitrogens with one attached hydrogen (secondary N) is 2. The number of carbonyl (C=O) groups is 1. The van der Waals surface area contributed by atoms with Crippen LogP contribution >= 0.6 is 0 Å². The van der Waals surface area contributed by atoms with Crippen LogP contribution in [0.2, 0.25) is 0 Å². The van der Waals surface area contributed by atoms with E-state index in [1.807, 2.05) is 53.2 Å². The number of pyridine rings is 1. The first-order chi connectivity index (χ1) is 14.2. The fraction of sp³-hybridized carbons (Fsp3) is 0.143. The third-order valence-corrected chi connectivity index (χ3v) is 4.44. The molecule has 0 spiro atoms. The molecule has 29 heavy (non-hydrogen) atoms. The van der Waals surface area contributed by atoms with E-state index in [0.29, 0.717) is 24.5 Å². The number of benzene rings is 1. The van der Waals surface area contributed by atoms with Crippen LogP contribution in [-0.4, -0.2) is 44.3 Å². The highest BCUT2D eigenvalue weighted by atomic mass is 16.5. The van der Waals surface area contributed by atoms with Crippen molar-refractivity contribution in [1.82, 2.24) is 30.0 Å². The highest BCUT2D eigenvalue weighted by Gasteiger charge is 2.12. The lowest BCUT2D eigenvalue weighted by molar-refractivity contribution is 0.0947. The monoisotopic (exact) mass is 388 g/mol. The van der Waals surface area contributed by atoms with Crippen molar-refractivity contribution in [2.45, 2.75) is 6.54 Å². The summed E-state index contributed by atoms with van der Waals surface area (Å²) in [5.74, 6) is 1.29. The summed E-state index contributed by atoms with van der Waals surface area (Å²) in [6, 6.07) is 14.9. The molecule has 0 saturated heterocycles. The molecule has 0 fully saturated rings. The van der Waals surface area contributed by atoms with E-state index in [2.05, 4.69) is 25.5 Å². The third-order valence-electron chi connectivity index (χ3n) is 4.44. The van der Waals surface area contributed by atoms with Gasteiger partial charge in [-0.05, 0) is 30.3 Å². The number of hydrogen-bond acceptors (Lipinski definition) is 5. The van der Waals surface area contributed by atoms with E-state index in [4.69, 9.17) is 4.74 Å². The summed E-state index contributed by atoms with van der Waals surface area (Å²) in [5.41, 5.74) is 2.75. The van der Waals surface area contributed by atoms with Gasteiger partial charge < -0.3 is 14.6 Å². The largest absolute Gasteiger partial charge is 0.497 e. The van der Waals surface area contributed by atoms with E-state index < -0.39 is 0 Å². The van der Waals surface area contributed by atoms with Crippen LogP contribution in [0.15, 0.2) is 67.1 Å². The maximum absolute atomic E-state index is 12.5. The van der Waals surface area contributed by atoms with Crippen LogP contribution in [0.5, 0.6) is 5.75 Å². The SMILES string of the molecule is COc1cccc(-c2cc(C(=O)NCCn3ccnc3-c3ccccn3)[nH]n2)c1. The number of rotatable bonds is 7. The van der Waals surface area contributed by atoms with E-state index in [1.54, 1.807) is 25.6 Å². The van der Waals surface area contributed by atoms with Crippen molar-refractivity contribution in [3.8, 4) is 28.5 Å². The third kappa shape index (κ3) is 4.16. The summed E-state index contributed by atoms with van der Waals surface area (Å²) in [6.45, 7) is 1.02. The Morgan fingerprint density at radius 3 is 2.86 bits per heavy atom. The molecular formula is C21H20N6O2. The molecule has 0 atom stereocenters. The lowest BCUT2D eigenvalue weighted by Crippen LogP contribution is -2.27. The Labute approximate surface area is 167 Å². The molecule has 0 bridgehead atoms. The highest BCUT2D eigenvalue weighted by molar-refractivity contribution is 5.93. The van der Waals surface area contributed by atoms with Crippen molar-refractivity contribution in [3.63, 3.8) is 0 Å². The molecule has 0 aliphatic carbocycles. The number of H-pyrrole nitrogens is 1. The number of nitrogens with zero attached hydrogens (tertiary/aromatic N) is 4. The summed E-state index contributed by atoms with van der Waals surface area (Å²) < 4.78 is 7.19. The number of imidazole rings is 1. The molecule has 3 aromatic heterocycles. The zero-order valence-corrected chi connectivity index (χ0v) is 15.9. The van der Waals surface area contributed by atoms with Crippen molar-refractivity contribution in [1.29, 1.82) is 0 Å². The lowest BCUT2D eigenvalue weighted by atomic mass is 10.1. The second-order valence-corrected chi connectivity index (χ2v) is 6.31. The molecule has 1 aromatic carbocycles. The topological polar surface area (TPSA) is 97.7 Å². The molecule has 0 radical (unpaired) electrons. The van der Waals surface area contributed by atoms with Gasteiger partial charge in [-0.2, -0.15) is 5.10 Å². The van der Waals surface area contributed by atoms with Crippen LogP contribution in [0.25, 0.3) is 22.8 Å². The maximum Gasteiger partial charge on any atom is 0.269 e. The zero-order valence-electron chi connectivity index (χ0n) is 15.9. The van der Waals surface area contributed by atoms with Crippen LogP contribution in [0.3, 0.4) is 0 Å².